The molecule has 0 aromatic heterocycles. The molecular formula is C10H16O. The Morgan fingerprint density at radius 1 is 1.18 bits per heavy atom. The minimum atomic E-state index is -0.185. The van der Waals surface area contributed by atoms with Crippen LogP contribution in [0.15, 0.2) is 12.2 Å². The first-order chi connectivity index (χ1) is 4.97. The van der Waals surface area contributed by atoms with Crippen molar-refractivity contribution < 1.29 is 4.79 Å². The first kappa shape index (κ1) is 8.51. The molecule has 11 heavy (non-hydrogen) atoms. The molecule has 1 rings (SSSR count). The molecule has 0 aromatic rings. The van der Waals surface area contributed by atoms with Crippen molar-refractivity contribution in [1.82, 2.24) is 0 Å². The van der Waals surface area contributed by atoms with Crippen LogP contribution in [0.25, 0.3) is 0 Å². The Bertz CT molecular complexity index is 191. The zero-order valence-electron chi connectivity index (χ0n) is 7.55. The summed E-state index contributed by atoms with van der Waals surface area (Å²) in [6, 6.07) is 0. The Morgan fingerprint density at radius 2 is 1.82 bits per heavy atom. The van der Waals surface area contributed by atoms with Crippen molar-refractivity contribution in [1.29, 1.82) is 0 Å². The van der Waals surface area contributed by atoms with Crippen molar-refractivity contribution in [3.05, 3.63) is 12.2 Å². The van der Waals surface area contributed by atoms with Gasteiger partial charge in [-0.25, -0.2) is 0 Å². The summed E-state index contributed by atoms with van der Waals surface area (Å²) in [5.74, 6) is 0. The number of carbonyl (C=O) groups excluding carboxylic acids is 1. The second kappa shape index (κ2) is 2.47. The number of aldehydes is 1. The van der Waals surface area contributed by atoms with E-state index in [-0.39, 0.29) is 5.41 Å². The third-order valence-corrected chi connectivity index (χ3v) is 2.49. The van der Waals surface area contributed by atoms with E-state index in [0.29, 0.717) is 5.41 Å². The molecule has 0 aliphatic heterocycles. The highest BCUT2D eigenvalue weighted by Crippen LogP contribution is 2.37. The zero-order chi connectivity index (χ0) is 8.54. The fourth-order valence-corrected chi connectivity index (χ4v) is 1.27. The molecule has 1 aliphatic carbocycles. The van der Waals surface area contributed by atoms with E-state index in [0.717, 1.165) is 19.1 Å². The smallest absolute Gasteiger partial charge is 0.129 e. The zero-order valence-corrected chi connectivity index (χ0v) is 7.55. The molecule has 1 unspecified atom stereocenters. The highest BCUT2D eigenvalue weighted by Gasteiger charge is 2.29. The van der Waals surface area contributed by atoms with Crippen LogP contribution in [0.4, 0.5) is 0 Å². The van der Waals surface area contributed by atoms with Crippen LogP contribution in [0.1, 0.15) is 33.6 Å². The summed E-state index contributed by atoms with van der Waals surface area (Å²) >= 11 is 0. The predicted octanol–water partition coefficient (Wildman–Crippen LogP) is 2.57. The second-order valence-electron chi connectivity index (χ2n) is 4.45. The van der Waals surface area contributed by atoms with Crippen molar-refractivity contribution in [3.8, 4) is 0 Å². The summed E-state index contributed by atoms with van der Waals surface area (Å²) in [7, 11) is 0. The van der Waals surface area contributed by atoms with Crippen LogP contribution in [0.3, 0.4) is 0 Å². The average molecular weight is 152 g/mol. The molecule has 1 atom stereocenters. The number of hydrogen-bond donors (Lipinski definition) is 0. The van der Waals surface area contributed by atoms with Crippen molar-refractivity contribution >= 4 is 6.29 Å². The molecule has 0 amide bonds. The maximum Gasteiger partial charge on any atom is 0.129 e. The van der Waals surface area contributed by atoms with Gasteiger partial charge in [0.05, 0.1) is 0 Å². The van der Waals surface area contributed by atoms with E-state index < -0.39 is 0 Å². The van der Waals surface area contributed by atoms with E-state index in [4.69, 9.17) is 0 Å². The number of hydrogen-bond acceptors (Lipinski definition) is 1. The molecule has 1 nitrogen and oxygen atoms in total. The summed E-state index contributed by atoms with van der Waals surface area (Å²) in [6.07, 6.45) is 7.35. The quantitative estimate of drug-likeness (QED) is 0.417. The summed E-state index contributed by atoms with van der Waals surface area (Å²) in [6.45, 7) is 6.40. The Balaban J connectivity index is 2.78. The number of allylic oxidation sites excluding steroid dienone is 2. The molecule has 0 radical (unpaired) electrons. The van der Waals surface area contributed by atoms with E-state index in [1.807, 2.05) is 13.0 Å². The van der Waals surface area contributed by atoms with Gasteiger partial charge >= 0.3 is 0 Å². The van der Waals surface area contributed by atoms with Crippen molar-refractivity contribution in [2.24, 2.45) is 10.8 Å². The van der Waals surface area contributed by atoms with Crippen LogP contribution in [-0.4, -0.2) is 6.29 Å². The van der Waals surface area contributed by atoms with Gasteiger partial charge in [0.15, 0.2) is 0 Å². The summed E-state index contributed by atoms with van der Waals surface area (Å²) in [5, 5.41) is 0. The maximum atomic E-state index is 10.6. The van der Waals surface area contributed by atoms with Crippen molar-refractivity contribution in [2.45, 2.75) is 33.6 Å². The Hall–Kier alpha value is -0.590. The highest BCUT2D eigenvalue weighted by atomic mass is 16.1. The van der Waals surface area contributed by atoms with Crippen LogP contribution in [0, 0.1) is 10.8 Å². The molecule has 0 N–H and O–H groups in total. The SMILES string of the molecule is CC1(C)C=CC(C)(C=O)CC1. The van der Waals surface area contributed by atoms with Crippen LogP contribution in [0.2, 0.25) is 0 Å². The van der Waals surface area contributed by atoms with E-state index in [9.17, 15) is 4.79 Å². The van der Waals surface area contributed by atoms with Crippen LogP contribution in [0.5, 0.6) is 0 Å². The van der Waals surface area contributed by atoms with Crippen LogP contribution in [-0.2, 0) is 4.79 Å². The first-order valence-electron chi connectivity index (χ1n) is 4.14. The second-order valence-corrected chi connectivity index (χ2v) is 4.45. The van der Waals surface area contributed by atoms with E-state index in [2.05, 4.69) is 19.9 Å². The topological polar surface area (TPSA) is 17.1 Å². The summed E-state index contributed by atoms with van der Waals surface area (Å²) in [4.78, 5) is 10.6. The van der Waals surface area contributed by atoms with Gasteiger partial charge in [-0.15, -0.1) is 0 Å². The van der Waals surface area contributed by atoms with Gasteiger partial charge in [-0.3, -0.25) is 0 Å². The Morgan fingerprint density at radius 3 is 2.18 bits per heavy atom. The molecule has 0 fully saturated rings. The third-order valence-electron chi connectivity index (χ3n) is 2.49. The van der Waals surface area contributed by atoms with E-state index in [1.54, 1.807) is 0 Å². The summed E-state index contributed by atoms with van der Waals surface area (Å²) < 4.78 is 0. The number of rotatable bonds is 1. The summed E-state index contributed by atoms with van der Waals surface area (Å²) in [5.41, 5.74) is 0.109. The molecule has 0 saturated carbocycles. The van der Waals surface area contributed by atoms with Crippen molar-refractivity contribution in [2.75, 3.05) is 0 Å². The normalized spacial score (nSPS) is 35.2. The lowest BCUT2D eigenvalue weighted by atomic mass is 9.72. The van der Waals surface area contributed by atoms with Gasteiger partial charge in [-0.1, -0.05) is 26.0 Å². The molecular weight excluding hydrogens is 136 g/mol. The average Bonchev–Trinajstić information content (AvgIpc) is 1.97. The van der Waals surface area contributed by atoms with E-state index in [1.165, 1.54) is 0 Å². The van der Waals surface area contributed by atoms with Crippen LogP contribution < -0.4 is 0 Å². The minimum absolute atomic E-state index is 0.185. The van der Waals surface area contributed by atoms with Gasteiger partial charge in [-0.05, 0) is 25.2 Å². The molecule has 1 aliphatic rings. The monoisotopic (exact) mass is 152 g/mol. The molecule has 0 heterocycles. The van der Waals surface area contributed by atoms with E-state index >= 15 is 0 Å². The number of carbonyl (C=O) groups is 1. The fraction of sp³-hybridized carbons (Fsp3) is 0.700. The van der Waals surface area contributed by atoms with Gasteiger partial charge in [0.25, 0.3) is 0 Å². The lowest BCUT2D eigenvalue weighted by Gasteiger charge is -2.32. The molecule has 1 heteroatoms. The van der Waals surface area contributed by atoms with Crippen molar-refractivity contribution in [3.63, 3.8) is 0 Å². The third kappa shape index (κ3) is 1.92. The molecule has 62 valence electrons. The predicted molar refractivity (Wildman–Crippen MR) is 46.3 cm³/mol. The Labute approximate surface area is 68.5 Å². The Kier molecular flexibility index (Phi) is 1.91. The molecule has 0 saturated heterocycles. The largest absolute Gasteiger partial charge is 0.302 e. The van der Waals surface area contributed by atoms with Gasteiger partial charge in [0.2, 0.25) is 0 Å². The molecule has 0 aromatic carbocycles. The maximum absolute atomic E-state index is 10.6. The highest BCUT2D eigenvalue weighted by molar-refractivity contribution is 5.62. The minimum Gasteiger partial charge on any atom is -0.302 e. The van der Waals surface area contributed by atoms with Gasteiger partial charge in [0, 0.05) is 5.41 Å². The van der Waals surface area contributed by atoms with Gasteiger partial charge in [0.1, 0.15) is 6.29 Å². The standard InChI is InChI=1S/C10H16O/c1-9(2)4-6-10(3,8-11)7-5-9/h4,6,8H,5,7H2,1-3H3. The first-order valence-corrected chi connectivity index (χ1v) is 4.14. The fourth-order valence-electron chi connectivity index (χ4n) is 1.27. The molecule has 0 spiro atoms. The van der Waals surface area contributed by atoms with Crippen LogP contribution >= 0.6 is 0 Å². The lowest BCUT2D eigenvalue weighted by Crippen LogP contribution is -2.24. The van der Waals surface area contributed by atoms with Gasteiger partial charge in [-0.2, -0.15) is 0 Å². The molecule has 0 bridgehead atoms. The lowest BCUT2D eigenvalue weighted by molar-refractivity contribution is -0.114. The van der Waals surface area contributed by atoms with Gasteiger partial charge < -0.3 is 4.79 Å².